The first kappa shape index (κ1) is 11.7. The van der Waals surface area contributed by atoms with Crippen LogP contribution in [0.3, 0.4) is 0 Å². The molecule has 0 amide bonds. The molecule has 17 heavy (non-hydrogen) atoms. The molecule has 0 fully saturated rings. The van der Waals surface area contributed by atoms with Crippen LogP contribution in [0.15, 0.2) is 41.4 Å². The van der Waals surface area contributed by atoms with Crippen molar-refractivity contribution in [3.8, 4) is 0 Å². The van der Waals surface area contributed by atoms with Crippen molar-refractivity contribution in [1.82, 2.24) is 9.78 Å². The number of aryl methyl sites for hydroxylation is 2. The fraction of sp³-hybridized carbons (Fsp3) is 0.182. The van der Waals surface area contributed by atoms with E-state index in [1.54, 1.807) is 37.5 Å². The van der Waals surface area contributed by atoms with E-state index in [0.29, 0.717) is 5.82 Å². The zero-order valence-electron chi connectivity index (χ0n) is 9.58. The van der Waals surface area contributed by atoms with Crippen LogP contribution in [-0.2, 0) is 17.1 Å². The lowest BCUT2D eigenvalue weighted by Gasteiger charge is -2.05. The third-order valence-electron chi connectivity index (χ3n) is 2.25. The highest BCUT2D eigenvalue weighted by Gasteiger charge is 2.15. The van der Waals surface area contributed by atoms with Crippen LogP contribution in [-0.4, -0.2) is 18.2 Å². The Morgan fingerprint density at radius 1 is 1.29 bits per heavy atom. The van der Waals surface area contributed by atoms with E-state index < -0.39 is 10.0 Å². The number of hydrogen-bond acceptors (Lipinski definition) is 3. The molecular weight excluding hydrogens is 238 g/mol. The van der Waals surface area contributed by atoms with Gasteiger partial charge in [-0.05, 0) is 24.6 Å². The topological polar surface area (TPSA) is 64.0 Å². The van der Waals surface area contributed by atoms with E-state index in [4.69, 9.17) is 0 Å². The van der Waals surface area contributed by atoms with Gasteiger partial charge in [-0.25, -0.2) is 8.42 Å². The zero-order chi connectivity index (χ0) is 12.5. The molecule has 5 nitrogen and oxygen atoms in total. The maximum Gasteiger partial charge on any atom is 0.263 e. The van der Waals surface area contributed by atoms with Crippen molar-refractivity contribution in [2.24, 2.45) is 7.05 Å². The van der Waals surface area contributed by atoms with Crippen LogP contribution in [0.1, 0.15) is 5.56 Å². The molecule has 0 aliphatic heterocycles. The summed E-state index contributed by atoms with van der Waals surface area (Å²) in [6, 6.07) is 8.33. The summed E-state index contributed by atoms with van der Waals surface area (Å²) in [6.45, 7) is 1.85. The second kappa shape index (κ2) is 4.21. The molecule has 1 heterocycles. The average Bonchev–Trinajstić information content (AvgIpc) is 2.63. The Morgan fingerprint density at radius 3 is 2.65 bits per heavy atom. The first-order chi connectivity index (χ1) is 7.97. The highest BCUT2D eigenvalue weighted by Crippen LogP contribution is 2.15. The molecular formula is C11H13N3O2S. The van der Waals surface area contributed by atoms with Gasteiger partial charge in [-0.15, -0.1) is 0 Å². The molecule has 1 N–H and O–H groups in total. The molecule has 0 aliphatic carbocycles. The van der Waals surface area contributed by atoms with Gasteiger partial charge in [-0.3, -0.25) is 9.40 Å². The van der Waals surface area contributed by atoms with Crippen molar-refractivity contribution < 1.29 is 8.42 Å². The second-order valence-corrected chi connectivity index (χ2v) is 5.48. The summed E-state index contributed by atoms with van der Waals surface area (Å²) in [6.07, 6.45) is 1.67. The average molecular weight is 251 g/mol. The molecule has 90 valence electrons. The monoisotopic (exact) mass is 251 g/mol. The van der Waals surface area contributed by atoms with Crippen LogP contribution in [0.2, 0.25) is 0 Å². The summed E-state index contributed by atoms with van der Waals surface area (Å²) < 4.78 is 28.0. The first-order valence-corrected chi connectivity index (χ1v) is 6.55. The molecule has 2 aromatic rings. The van der Waals surface area contributed by atoms with Gasteiger partial charge in [-0.2, -0.15) is 5.10 Å². The van der Waals surface area contributed by atoms with E-state index in [1.807, 2.05) is 13.0 Å². The Labute approximate surface area is 100 Å². The molecule has 0 aliphatic rings. The van der Waals surface area contributed by atoms with Gasteiger partial charge in [0.05, 0.1) is 4.90 Å². The summed E-state index contributed by atoms with van der Waals surface area (Å²) in [5.74, 6) is 0.314. The summed E-state index contributed by atoms with van der Waals surface area (Å²) in [5.41, 5.74) is 0.897. The number of nitrogens with one attached hydrogen (secondary N) is 1. The lowest BCUT2D eigenvalue weighted by Crippen LogP contribution is -2.13. The first-order valence-electron chi connectivity index (χ1n) is 5.06. The largest absolute Gasteiger partial charge is 0.274 e. The van der Waals surface area contributed by atoms with Gasteiger partial charge in [-0.1, -0.05) is 12.1 Å². The third kappa shape index (κ3) is 2.65. The summed E-state index contributed by atoms with van der Waals surface area (Å²) in [7, 11) is -1.82. The number of rotatable bonds is 3. The Hall–Kier alpha value is -1.82. The van der Waals surface area contributed by atoms with Gasteiger partial charge in [0.1, 0.15) is 0 Å². The van der Waals surface area contributed by atoms with Gasteiger partial charge >= 0.3 is 0 Å². The number of hydrogen-bond donors (Lipinski definition) is 1. The minimum Gasteiger partial charge on any atom is -0.274 e. The molecule has 0 saturated heterocycles. The maximum absolute atomic E-state index is 12.0. The molecule has 0 atom stereocenters. The van der Waals surface area contributed by atoms with Crippen molar-refractivity contribution in [2.45, 2.75) is 11.8 Å². The molecule has 0 radical (unpaired) electrons. The summed E-state index contributed by atoms with van der Waals surface area (Å²) >= 11 is 0. The number of nitrogens with zero attached hydrogens (tertiary/aromatic N) is 2. The van der Waals surface area contributed by atoms with Crippen molar-refractivity contribution in [1.29, 1.82) is 0 Å². The van der Waals surface area contributed by atoms with Crippen molar-refractivity contribution in [2.75, 3.05) is 4.72 Å². The van der Waals surface area contributed by atoms with E-state index in [2.05, 4.69) is 9.82 Å². The van der Waals surface area contributed by atoms with Crippen molar-refractivity contribution >= 4 is 15.8 Å². The summed E-state index contributed by atoms with van der Waals surface area (Å²) in [4.78, 5) is 0.239. The minimum absolute atomic E-state index is 0.239. The number of benzene rings is 1. The quantitative estimate of drug-likeness (QED) is 0.899. The van der Waals surface area contributed by atoms with Crippen LogP contribution >= 0.6 is 0 Å². The molecule has 0 bridgehead atoms. The van der Waals surface area contributed by atoms with Crippen molar-refractivity contribution in [3.63, 3.8) is 0 Å². The molecule has 0 unspecified atom stereocenters. The van der Waals surface area contributed by atoms with Crippen LogP contribution in [0.5, 0.6) is 0 Å². The fourth-order valence-corrected chi connectivity index (χ4v) is 2.55. The highest BCUT2D eigenvalue weighted by atomic mass is 32.2. The fourth-order valence-electron chi connectivity index (χ4n) is 1.45. The predicted molar refractivity (Wildman–Crippen MR) is 65.2 cm³/mol. The molecule has 6 heteroatoms. The van der Waals surface area contributed by atoms with Crippen LogP contribution in [0.25, 0.3) is 0 Å². The molecule has 1 aromatic carbocycles. The number of anilines is 1. The number of aromatic nitrogens is 2. The maximum atomic E-state index is 12.0. The van der Waals surface area contributed by atoms with Crippen molar-refractivity contribution in [3.05, 3.63) is 42.1 Å². The van der Waals surface area contributed by atoms with E-state index in [9.17, 15) is 8.42 Å². The van der Waals surface area contributed by atoms with Crippen LogP contribution in [0, 0.1) is 6.92 Å². The van der Waals surface area contributed by atoms with Gasteiger partial charge in [0.25, 0.3) is 10.0 Å². The van der Waals surface area contributed by atoms with E-state index in [1.165, 1.54) is 4.68 Å². The lowest BCUT2D eigenvalue weighted by atomic mass is 10.2. The number of sulfonamides is 1. The lowest BCUT2D eigenvalue weighted by molar-refractivity contribution is 0.600. The van der Waals surface area contributed by atoms with E-state index in [-0.39, 0.29) is 4.90 Å². The van der Waals surface area contributed by atoms with Crippen LogP contribution in [0.4, 0.5) is 5.82 Å². The Kier molecular flexibility index (Phi) is 2.89. The standard InChI is InChI=1S/C11H13N3O2S/c1-9-4-3-5-10(8-9)17(15,16)13-11-6-7-14(2)12-11/h3-8H,1-2H3,(H,12,13). The van der Waals surface area contributed by atoms with Gasteiger partial charge in [0.2, 0.25) is 0 Å². The zero-order valence-corrected chi connectivity index (χ0v) is 10.4. The molecule has 1 aromatic heterocycles. The molecule has 2 rings (SSSR count). The Morgan fingerprint density at radius 2 is 2.06 bits per heavy atom. The highest BCUT2D eigenvalue weighted by molar-refractivity contribution is 7.92. The smallest absolute Gasteiger partial charge is 0.263 e. The molecule has 0 spiro atoms. The van der Waals surface area contributed by atoms with Gasteiger partial charge in [0, 0.05) is 19.3 Å². The SMILES string of the molecule is Cc1cccc(S(=O)(=O)Nc2ccn(C)n2)c1. The van der Waals surface area contributed by atoms with E-state index in [0.717, 1.165) is 5.56 Å². The normalized spacial score (nSPS) is 11.4. The van der Waals surface area contributed by atoms with E-state index >= 15 is 0 Å². The van der Waals surface area contributed by atoms with Gasteiger partial charge < -0.3 is 0 Å². The second-order valence-electron chi connectivity index (χ2n) is 3.80. The predicted octanol–water partition coefficient (Wildman–Crippen LogP) is 1.53. The van der Waals surface area contributed by atoms with Crippen LogP contribution < -0.4 is 4.72 Å². The molecule has 0 saturated carbocycles. The Bertz CT molecular complexity index is 632. The third-order valence-corrected chi connectivity index (χ3v) is 3.60. The minimum atomic E-state index is -3.55. The Balaban J connectivity index is 2.31. The summed E-state index contributed by atoms with van der Waals surface area (Å²) in [5, 5.41) is 3.97. The van der Waals surface area contributed by atoms with Gasteiger partial charge in [0.15, 0.2) is 5.82 Å².